The molecule has 0 heterocycles. The van der Waals surface area contributed by atoms with Crippen LogP contribution in [0.4, 0.5) is 0 Å². The Morgan fingerprint density at radius 1 is 0.391 bits per heavy atom. The van der Waals surface area contributed by atoms with E-state index in [2.05, 4.69) is 27.7 Å². The predicted octanol–water partition coefficient (Wildman–Crippen LogP) is 9.07. The Kier molecular flexibility index (Phi) is 16.8. The van der Waals surface area contributed by atoms with E-state index in [0.29, 0.717) is 5.41 Å². The minimum absolute atomic E-state index is 0.674. The van der Waals surface area contributed by atoms with Gasteiger partial charge < -0.3 is 0 Å². The summed E-state index contributed by atoms with van der Waals surface area (Å²) in [6.45, 7) is 9.48. The molecule has 0 bridgehead atoms. The zero-order valence-electron chi connectivity index (χ0n) is 17.2. The van der Waals surface area contributed by atoms with Crippen LogP contribution < -0.4 is 0 Å². The van der Waals surface area contributed by atoms with E-state index in [9.17, 15) is 0 Å². The maximum absolute atomic E-state index is 2.43. The van der Waals surface area contributed by atoms with Gasteiger partial charge in [0.15, 0.2) is 0 Å². The normalized spacial score (nSPS) is 12.0. The average molecular weight is 325 g/mol. The Bertz CT molecular complexity index is 214. The van der Waals surface area contributed by atoms with Gasteiger partial charge in [0.05, 0.1) is 0 Å². The lowest BCUT2D eigenvalue weighted by molar-refractivity contribution is 0.202. The standard InChI is InChI=1S/C23H48/c1-5-9-11-13-14-15-16-17-18-20-22-23(7-3,8-4)21-19-12-10-6-2/h5-22H2,1-4H3. The van der Waals surface area contributed by atoms with Crippen LogP contribution >= 0.6 is 0 Å². The summed E-state index contributed by atoms with van der Waals surface area (Å²) in [6.07, 6.45) is 26.1. The van der Waals surface area contributed by atoms with Gasteiger partial charge in [-0.05, 0) is 18.3 Å². The Hall–Kier alpha value is 0. The molecule has 0 heteroatoms. The molecule has 0 saturated heterocycles. The van der Waals surface area contributed by atoms with Crippen LogP contribution in [0.5, 0.6) is 0 Å². The van der Waals surface area contributed by atoms with E-state index < -0.39 is 0 Å². The van der Waals surface area contributed by atoms with Crippen molar-refractivity contribution in [1.29, 1.82) is 0 Å². The van der Waals surface area contributed by atoms with Crippen molar-refractivity contribution in [2.45, 2.75) is 143 Å². The van der Waals surface area contributed by atoms with Gasteiger partial charge >= 0.3 is 0 Å². The van der Waals surface area contributed by atoms with Gasteiger partial charge in [-0.15, -0.1) is 0 Å². The van der Waals surface area contributed by atoms with Crippen LogP contribution in [0.25, 0.3) is 0 Å². The van der Waals surface area contributed by atoms with Gasteiger partial charge in [-0.25, -0.2) is 0 Å². The lowest BCUT2D eigenvalue weighted by atomic mass is 9.74. The van der Waals surface area contributed by atoms with Gasteiger partial charge in [0.1, 0.15) is 0 Å². The molecular weight excluding hydrogens is 276 g/mol. The fourth-order valence-electron chi connectivity index (χ4n) is 4.00. The first-order valence-electron chi connectivity index (χ1n) is 11.2. The summed E-state index contributed by atoms with van der Waals surface area (Å²) in [4.78, 5) is 0. The van der Waals surface area contributed by atoms with Crippen LogP contribution in [0.2, 0.25) is 0 Å². The molecule has 23 heavy (non-hydrogen) atoms. The maximum Gasteiger partial charge on any atom is -0.0303 e. The van der Waals surface area contributed by atoms with E-state index in [1.165, 1.54) is 116 Å². The van der Waals surface area contributed by atoms with Crippen LogP contribution in [0, 0.1) is 5.41 Å². The lowest BCUT2D eigenvalue weighted by Gasteiger charge is -2.32. The molecule has 0 aliphatic rings. The summed E-state index contributed by atoms with van der Waals surface area (Å²) >= 11 is 0. The minimum atomic E-state index is 0.674. The molecule has 0 nitrogen and oxygen atoms in total. The van der Waals surface area contributed by atoms with Gasteiger partial charge in [0.2, 0.25) is 0 Å². The highest BCUT2D eigenvalue weighted by Crippen LogP contribution is 2.38. The van der Waals surface area contributed by atoms with Crippen molar-refractivity contribution in [2.24, 2.45) is 5.41 Å². The van der Waals surface area contributed by atoms with Gasteiger partial charge in [-0.2, -0.15) is 0 Å². The second-order valence-electron chi connectivity index (χ2n) is 7.95. The van der Waals surface area contributed by atoms with Crippen LogP contribution in [0.15, 0.2) is 0 Å². The molecule has 0 spiro atoms. The molecule has 0 N–H and O–H groups in total. The third kappa shape index (κ3) is 13.0. The number of hydrogen-bond donors (Lipinski definition) is 0. The Morgan fingerprint density at radius 3 is 1.04 bits per heavy atom. The van der Waals surface area contributed by atoms with E-state index in [0.717, 1.165) is 0 Å². The third-order valence-corrected chi connectivity index (χ3v) is 6.12. The second-order valence-corrected chi connectivity index (χ2v) is 7.95. The second kappa shape index (κ2) is 16.8. The Morgan fingerprint density at radius 2 is 0.696 bits per heavy atom. The molecule has 0 aliphatic heterocycles. The van der Waals surface area contributed by atoms with Crippen molar-refractivity contribution < 1.29 is 0 Å². The van der Waals surface area contributed by atoms with Crippen molar-refractivity contribution in [3.63, 3.8) is 0 Å². The fourth-order valence-corrected chi connectivity index (χ4v) is 4.00. The molecule has 0 aromatic rings. The maximum atomic E-state index is 2.43. The van der Waals surface area contributed by atoms with E-state index in [4.69, 9.17) is 0 Å². The van der Waals surface area contributed by atoms with Crippen LogP contribution in [-0.4, -0.2) is 0 Å². The third-order valence-electron chi connectivity index (χ3n) is 6.12. The van der Waals surface area contributed by atoms with Crippen molar-refractivity contribution in [3.05, 3.63) is 0 Å². The molecular formula is C23H48. The largest absolute Gasteiger partial charge is 0.0654 e. The quantitative estimate of drug-likeness (QED) is 0.220. The van der Waals surface area contributed by atoms with Crippen molar-refractivity contribution >= 4 is 0 Å². The zero-order valence-corrected chi connectivity index (χ0v) is 17.2. The van der Waals surface area contributed by atoms with E-state index in [1.54, 1.807) is 0 Å². The molecule has 0 saturated carbocycles. The molecule has 0 rings (SSSR count). The van der Waals surface area contributed by atoms with Gasteiger partial charge in [-0.3, -0.25) is 0 Å². The fraction of sp³-hybridized carbons (Fsp3) is 1.00. The van der Waals surface area contributed by atoms with Gasteiger partial charge in [0, 0.05) is 0 Å². The highest BCUT2D eigenvalue weighted by molar-refractivity contribution is 4.76. The summed E-state index contributed by atoms with van der Waals surface area (Å²) < 4.78 is 0. The number of rotatable bonds is 18. The van der Waals surface area contributed by atoms with Gasteiger partial charge in [-0.1, -0.05) is 130 Å². The zero-order chi connectivity index (χ0) is 17.2. The predicted molar refractivity (Wildman–Crippen MR) is 108 cm³/mol. The van der Waals surface area contributed by atoms with Crippen molar-refractivity contribution in [3.8, 4) is 0 Å². The molecule has 0 amide bonds. The molecule has 0 aromatic heterocycles. The van der Waals surface area contributed by atoms with Crippen molar-refractivity contribution in [1.82, 2.24) is 0 Å². The minimum Gasteiger partial charge on any atom is -0.0654 e. The first-order chi connectivity index (χ1) is 11.2. The monoisotopic (exact) mass is 324 g/mol. The topological polar surface area (TPSA) is 0 Å². The summed E-state index contributed by atoms with van der Waals surface area (Å²) in [5.74, 6) is 0. The Labute approximate surface area is 149 Å². The molecule has 0 unspecified atom stereocenters. The number of hydrogen-bond acceptors (Lipinski definition) is 0. The highest BCUT2D eigenvalue weighted by atomic mass is 14.3. The van der Waals surface area contributed by atoms with Crippen molar-refractivity contribution in [2.75, 3.05) is 0 Å². The van der Waals surface area contributed by atoms with Gasteiger partial charge in [0.25, 0.3) is 0 Å². The molecule has 0 aromatic carbocycles. The molecule has 0 fully saturated rings. The summed E-state index contributed by atoms with van der Waals surface area (Å²) in [5.41, 5.74) is 0.674. The summed E-state index contributed by atoms with van der Waals surface area (Å²) in [6, 6.07) is 0. The summed E-state index contributed by atoms with van der Waals surface area (Å²) in [5, 5.41) is 0. The lowest BCUT2D eigenvalue weighted by Crippen LogP contribution is -2.18. The average Bonchev–Trinajstić information content (AvgIpc) is 2.58. The first-order valence-corrected chi connectivity index (χ1v) is 11.2. The summed E-state index contributed by atoms with van der Waals surface area (Å²) in [7, 11) is 0. The molecule has 140 valence electrons. The van der Waals surface area contributed by atoms with E-state index in [-0.39, 0.29) is 0 Å². The number of unbranched alkanes of at least 4 members (excludes halogenated alkanes) is 12. The van der Waals surface area contributed by atoms with Crippen LogP contribution in [0.3, 0.4) is 0 Å². The van der Waals surface area contributed by atoms with E-state index >= 15 is 0 Å². The Balaban J connectivity index is 3.63. The van der Waals surface area contributed by atoms with Crippen LogP contribution in [0.1, 0.15) is 143 Å². The van der Waals surface area contributed by atoms with E-state index in [1.807, 2.05) is 0 Å². The molecule has 0 radical (unpaired) electrons. The highest BCUT2D eigenvalue weighted by Gasteiger charge is 2.24. The first kappa shape index (κ1) is 23.0. The molecule has 0 atom stereocenters. The smallest absolute Gasteiger partial charge is 0.0303 e. The SMILES string of the molecule is CCCCCCCCCCCCC(CC)(CC)CCCCCC. The van der Waals surface area contributed by atoms with Crippen LogP contribution in [-0.2, 0) is 0 Å². The molecule has 0 aliphatic carbocycles.